The first-order chi connectivity index (χ1) is 15.2. The molecule has 0 spiro atoms. The first kappa shape index (κ1) is 23.7. The molecule has 0 fully saturated rings. The van der Waals surface area contributed by atoms with Gasteiger partial charge in [0.05, 0.1) is 12.0 Å². The predicted octanol–water partition coefficient (Wildman–Crippen LogP) is 2.32. The number of fused-ring (bicyclic) bond motifs is 1. The van der Waals surface area contributed by atoms with E-state index in [0.717, 1.165) is 11.3 Å². The molecule has 2 aromatic rings. The Bertz CT molecular complexity index is 1100. The van der Waals surface area contributed by atoms with Crippen LogP contribution in [0.2, 0.25) is 0 Å². The summed E-state index contributed by atoms with van der Waals surface area (Å²) in [7, 11) is -2.04. The Balaban J connectivity index is 1.81. The molecule has 2 aromatic carbocycles. The third-order valence-corrected chi connectivity index (χ3v) is 7.69. The Morgan fingerprint density at radius 2 is 1.78 bits per heavy atom. The van der Waals surface area contributed by atoms with Gasteiger partial charge in [0, 0.05) is 38.7 Å². The molecule has 1 heterocycles. The van der Waals surface area contributed by atoms with Crippen molar-refractivity contribution in [3.63, 3.8) is 0 Å². The summed E-state index contributed by atoms with van der Waals surface area (Å²) in [6.45, 7) is 6.02. The molecule has 1 aliphatic heterocycles. The number of ether oxygens (including phenoxy) is 1. The van der Waals surface area contributed by atoms with Gasteiger partial charge in [-0.15, -0.1) is 0 Å². The number of nitrogens with one attached hydrogen (secondary N) is 1. The fourth-order valence-corrected chi connectivity index (χ4v) is 5.46. The van der Waals surface area contributed by atoms with Crippen LogP contribution in [0.15, 0.2) is 47.4 Å². The molecule has 0 aliphatic carbocycles. The van der Waals surface area contributed by atoms with Crippen LogP contribution in [0.25, 0.3) is 0 Å². The Morgan fingerprint density at radius 1 is 1.12 bits per heavy atom. The number of carbonyl (C=O) groups excluding carboxylic acids is 2. The summed E-state index contributed by atoms with van der Waals surface area (Å²) >= 11 is 0. The normalized spacial score (nSPS) is 15.5. The average Bonchev–Trinajstić information content (AvgIpc) is 3.17. The van der Waals surface area contributed by atoms with Crippen molar-refractivity contribution in [3.05, 3.63) is 53.6 Å². The molecule has 0 bridgehead atoms. The van der Waals surface area contributed by atoms with Gasteiger partial charge in [0.1, 0.15) is 11.8 Å². The predicted molar refractivity (Wildman–Crippen MR) is 122 cm³/mol. The van der Waals surface area contributed by atoms with Gasteiger partial charge in [-0.05, 0) is 41.5 Å². The molecule has 0 saturated carbocycles. The van der Waals surface area contributed by atoms with Gasteiger partial charge in [-0.25, -0.2) is 8.42 Å². The van der Waals surface area contributed by atoms with E-state index in [4.69, 9.17) is 4.74 Å². The third-order valence-electron chi connectivity index (χ3n) is 5.65. The summed E-state index contributed by atoms with van der Waals surface area (Å²) in [5, 5.41) is 2.88. The van der Waals surface area contributed by atoms with Crippen molar-refractivity contribution in [2.45, 2.75) is 44.7 Å². The Kier molecular flexibility index (Phi) is 7.20. The number of amides is 2. The van der Waals surface area contributed by atoms with Crippen molar-refractivity contribution in [1.82, 2.24) is 9.62 Å². The number of rotatable bonds is 8. The van der Waals surface area contributed by atoms with E-state index < -0.39 is 16.1 Å². The Hall–Kier alpha value is -2.91. The highest BCUT2D eigenvalue weighted by Crippen LogP contribution is 2.35. The molecule has 2 amide bonds. The summed E-state index contributed by atoms with van der Waals surface area (Å²) in [6, 6.07) is 11.3. The lowest BCUT2D eigenvalue weighted by Gasteiger charge is -2.23. The van der Waals surface area contributed by atoms with E-state index >= 15 is 0 Å². The minimum absolute atomic E-state index is 0.169. The summed E-state index contributed by atoms with van der Waals surface area (Å²) in [4.78, 5) is 26.9. The topological polar surface area (TPSA) is 96.0 Å². The van der Waals surface area contributed by atoms with E-state index in [0.29, 0.717) is 30.9 Å². The molecular weight excluding hydrogens is 430 g/mol. The van der Waals surface area contributed by atoms with Crippen LogP contribution in [-0.2, 0) is 32.6 Å². The smallest absolute Gasteiger partial charge is 0.243 e. The van der Waals surface area contributed by atoms with Gasteiger partial charge in [-0.2, -0.15) is 4.31 Å². The first-order valence-corrected chi connectivity index (χ1v) is 12.0. The van der Waals surface area contributed by atoms with Crippen LogP contribution in [0.3, 0.4) is 0 Å². The van der Waals surface area contributed by atoms with Crippen molar-refractivity contribution in [1.29, 1.82) is 0 Å². The lowest BCUT2D eigenvalue weighted by atomic mass is 10.1. The number of anilines is 1. The second kappa shape index (κ2) is 9.70. The van der Waals surface area contributed by atoms with Gasteiger partial charge in [0.2, 0.25) is 21.8 Å². The maximum Gasteiger partial charge on any atom is 0.243 e. The van der Waals surface area contributed by atoms with Crippen molar-refractivity contribution < 1.29 is 22.7 Å². The Morgan fingerprint density at radius 3 is 2.34 bits per heavy atom. The van der Waals surface area contributed by atoms with E-state index in [-0.39, 0.29) is 23.1 Å². The number of sulfonamides is 1. The number of hydrogen-bond acceptors (Lipinski definition) is 5. The van der Waals surface area contributed by atoms with Gasteiger partial charge in [0.25, 0.3) is 0 Å². The second-order valence-corrected chi connectivity index (χ2v) is 9.49. The molecule has 1 aliphatic rings. The molecular formula is C23H29N3O5S. The van der Waals surface area contributed by atoms with Gasteiger partial charge in [-0.1, -0.05) is 26.0 Å². The van der Waals surface area contributed by atoms with Gasteiger partial charge in [-0.3, -0.25) is 14.5 Å². The van der Waals surface area contributed by atoms with Crippen LogP contribution in [0.5, 0.6) is 5.75 Å². The molecule has 1 N–H and O–H groups in total. The number of hydrogen-bond donors (Lipinski definition) is 1. The largest absolute Gasteiger partial charge is 0.497 e. The molecule has 1 unspecified atom stereocenters. The van der Waals surface area contributed by atoms with E-state index in [1.165, 1.54) is 22.2 Å². The minimum atomic E-state index is -3.63. The molecule has 9 heteroatoms. The van der Waals surface area contributed by atoms with Crippen LogP contribution in [0.1, 0.15) is 31.9 Å². The monoisotopic (exact) mass is 459 g/mol. The number of nitrogens with zero attached hydrogens (tertiary/aromatic N) is 2. The van der Waals surface area contributed by atoms with Crippen molar-refractivity contribution in [2.75, 3.05) is 25.1 Å². The fraction of sp³-hybridized carbons (Fsp3) is 0.391. The van der Waals surface area contributed by atoms with E-state index in [1.807, 2.05) is 24.3 Å². The molecule has 172 valence electrons. The van der Waals surface area contributed by atoms with Gasteiger partial charge in [0.15, 0.2) is 0 Å². The zero-order chi connectivity index (χ0) is 23.5. The van der Waals surface area contributed by atoms with Crippen LogP contribution >= 0.6 is 0 Å². The van der Waals surface area contributed by atoms with E-state index in [9.17, 15) is 18.0 Å². The lowest BCUT2D eigenvalue weighted by Crippen LogP contribution is -2.47. The molecule has 1 atom stereocenters. The third kappa shape index (κ3) is 4.63. The molecule has 8 nitrogen and oxygen atoms in total. The van der Waals surface area contributed by atoms with Crippen molar-refractivity contribution in [2.24, 2.45) is 0 Å². The number of methoxy groups -OCH3 is 1. The van der Waals surface area contributed by atoms with Crippen LogP contribution in [0, 0.1) is 0 Å². The summed E-state index contributed by atoms with van der Waals surface area (Å²) in [5.41, 5.74) is 2.13. The van der Waals surface area contributed by atoms with Crippen LogP contribution in [-0.4, -0.2) is 50.8 Å². The van der Waals surface area contributed by atoms with Crippen LogP contribution < -0.4 is 15.0 Å². The SMILES string of the molecule is CCN(CC)S(=O)(=O)c1ccc2c(c1)CC(C(=O)NCc1ccc(OC)cc1)N2C(C)=O. The second-order valence-electron chi connectivity index (χ2n) is 7.55. The highest BCUT2D eigenvalue weighted by Gasteiger charge is 2.37. The zero-order valence-corrected chi connectivity index (χ0v) is 19.6. The minimum Gasteiger partial charge on any atom is -0.497 e. The summed E-state index contributed by atoms with van der Waals surface area (Å²) in [6.07, 6.45) is 0.255. The maximum absolute atomic E-state index is 13.0. The molecule has 0 saturated heterocycles. The van der Waals surface area contributed by atoms with Crippen molar-refractivity contribution in [3.8, 4) is 5.75 Å². The fourth-order valence-electron chi connectivity index (χ4n) is 3.95. The number of carbonyl (C=O) groups is 2. The lowest BCUT2D eigenvalue weighted by molar-refractivity contribution is -0.125. The first-order valence-electron chi connectivity index (χ1n) is 10.6. The molecule has 0 aromatic heterocycles. The maximum atomic E-state index is 13.0. The van der Waals surface area contributed by atoms with Gasteiger partial charge >= 0.3 is 0 Å². The highest BCUT2D eigenvalue weighted by molar-refractivity contribution is 7.89. The molecule has 32 heavy (non-hydrogen) atoms. The molecule has 0 radical (unpaired) electrons. The molecule has 3 rings (SSSR count). The quantitative estimate of drug-likeness (QED) is 0.654. The van der Waals surface area contributed by atoms with Crippen LogP contribution in [0.4, 0.5) is 5.69 Å². The Labute approximate surface area is 189 Å². The number of benzene rings is 2. The highest BCUT2D eigenvalue weighted by atomic mass is 32.2. The summed E-state index contributed by atoms with van der Waals surface area (Å²) < 4.78 is 32.3. The van der Waals surface area contributed by atoms with E-state index in [1.54, 1.807) is 33.1 Å². The van der Waals surface area contributed by atoms with Crippen molar-refractivity contribution >= 4 is 27.5 Å². The van der Waals surface area contributed by atoms with Gasteiger partial charge < -0.3 is 10.1 Å². The summed E-state index contributed by atoms with van der Waals surface area (Å²) in [5.74, 6) is 0.164. The average molecular weight is 460 g/mol. The standard InChI is InChI=1S/C23H29N3O5S/c1-5-25(6-2)32(29,30)20-11-12-21-18(13-20)14-22(26(21)16(3)27)23(28)24-15-17-7-9-19(31-4)10-8-17/h7-13,22H,5-6,14-15H2,1-4H3,(H,24,28). The zero-order valence-electron chi connectivity index (χ0n) is 18.8. The van der Waals surface area contributed by atoms with E-state index in [2.05, 4.69) is 5.32 Å².